The first-order valence-corrected chi connectivity index (χ1v) is 4.65. The van der Waals surface area contributed by atoms with E-state index in [1.807, 2.05) is 6.92 Å². The van der Waals surface area contributed by atoms with Crippen molar-refractivity contribution in [1.29, 1.82) is 0 Å². The first-order valence-electron chi connectivity index (χ1n) is 4.65. The van der Waals surface area contributed by atoms with Crippen molar-refractivity contribution in [2.24, 2.45) is 0 Å². The summed E-state index contributed by atoms with van der Waals surface area (Å²) < 4.78 is 0. The molecular weight excluding hydrogens is 150 g/mol. The Morgan fingerprint density at radius 1 is 1.42 bits per heavy atom. The standard InChI is InChI=1S/C10H19NO/c1-4-6-7-11-10(5-2)8-9(3)12/h8,11H,4-7H2,1-3H3/b10-8-. The van der Waals surface area contributed by atoms with E-state index in [-0.39, 0.29) is 5.78 Å². The number of carbonyl (C=O) groups excluding carboxylic acids is 1. The maximum absolute atomic E-state index is 10.7. The zero-order valence-electron chi connectivity index (χ0n) is 8.31. The number of nitrogens with one attached hydrogen (secondary N) is 1. The molecular formula is C10H19NO. The third-order valence-electron chi connectivity index (χ3n) is 1.64. The topological polar surface area (TPSA) is 29.1 Å². The highest BCUT2D eigenvalue weighted by atomic mass is 16.1. The molecule has 0 heterocycles. The average molecular weight is 169 g/mol. The van der Waals surface area contributed by atoms with Gasteiger partial charge in [-0.2, -0.15) is 0 Å². The van der Waals surface area contributed by atoms with Gasteiger partial charge in [0.05, 0.1) is 0 Å². The Kier molecular flexibility index (Phi) is 6.44. The maximum atomic E-state index is 10.7. The lowest BCUT2D eigenvalue weighted by Crippen LogP contribution is -2.14. The molecule has 70 valence electrons. The van der Waals surface area contributed by atoms with Crippen LogP contribution >= 0.6 is 0 Å². The Labute approximate surface area is 75.0 Å². The lowest BCUT2D eigenvalue weighted by molar-refractivity contribution is -0.112. The molecule has 0 atom stereocenters. The molecule has 2 nitrogen and oxygen atoms in total. The van der Waals surface area contributed by atoms with Crippen molar-refractivity contribution in [3.8, 4) is 0 Å². The molecule has 0 amide bonds. The third kappa shape index (κ3) is 5.96. The van der Waals surface area contributed by atoms with Crippen LogP contribution in [0, 0.1) is 0 Å². The van der Waals surface area contributed by atoms with Gasteiger partial charge in [0.15, 0.2) is 5.78 Å². The Hall–Kier alpha value is -0.790. The monoisotopic (exact) mass is 169 g/mol. The Morgan fingerprint density at radius 2 is 2.08 bits per heavy atom. The molecule has 0 bridgehead atoms. The minimum absolute atomic E-state index is 0.121. The first kappa shape index (κ1) is 11.2. The maximum Gasteiger partial charge on any atom is 0.154 e. The Balaban J connectivity index is 3.75. The average Bonchev–Trinajstić information content (AvgIpc) is 2.02. The molecule has 0 unspecified atom stereocenters. The number of allylic oxidation sites excluding steroid dienone is 2. The molecule has 0 aromatic rings. The summed E-state index contributed by atoms with van der Waals surface area (Å²) in [5, 5.41) is 3.24. The van der Waals surface area contributed by atoms with Gasteiger partial charge in [0.2, 0.25) is 0 Å². The fourth-order valence-corrected chi connectivity index (χ4v) is 0.949. The molecule has 0 saturated carbocycles. The van der Waals surface area contributed by atoms with E-state index < -0.39 is 0 Å². The van der Waals surface area contributed by atoms with Gasteiger partial charge < -0.3 is 5.32 Å². The lowest BCUT2D eigenvalue weighted by atomic mass is 10.2. The van der Waals surface area contributed by atoms with E-state index in [0.29, 0.717) is 0 Å². The first-order chi connectivity index (χ1) is 5.70. The summed E-state index contributed by atoms with van der Waals surface area (Å²) in [7, 11) is 0. The molecule has 12 heavy (non-hydrogen) atoms. The molecule has 0 spiro atoms. The van der Waals surface area contributed by atoms with Crippen molar-refractivity contribution in [2.75, 3.05) is 6.54 Å². The molecule has 0 saturated heterocycles. The molecule has 0 aliphatic rings. The van der Waals surface area contributed by atoms with E-state index in [1.54, 1.807) is 13.0 Å². The number of hydrogen-bond donors (Lipinski definition) is 1. The predicted molar refractivity (Wildman–Crippen MR) is 52.0 cm³/mol. The second-order valence-corrected chi connectivity index (χ2v) is 2.91. The van der Waals surface area contributed by atoms with Crippen LogP contribution in [0.25, 0.3) is 0 Å². The van der Waals surface area contributed by atoms with Gasteiger partial charge in [-0.1, -0.05) is 20.3 Å². The Morgan fingerprint density at radius 3 is 2.50 bits per heavy atom. The minimum atomic E-state index is 0.121. The van der Waals surface area contributed by atoms with E-state index in [0.717, 1.165) is 25.1 Å². The normalized spacial score (nSPS) is 11.4. The van der Waals surface area contributed by atoms with Gasteiger partial charge in [-0.25, -0.2) is 0 Å². The molecule has 0 aromatic heterocycles. The van der Waals surface area contributed by atoms with E-state index in [1.165, 1.54) is 6.42 Å². The van der Waals surface area contributed by atoms with Crippen molar-refractivity contribution in [1.82, 2.24) is 5.32 Å². The SMILES string of the molecule is CCCCN/C(=C\C(C)=O)CC. The van der Waals surface area contributed by atoms with Crippen LogP contribution in [-0.2, 0) is 4.79 Å². The van der Waals surface area contributed by atoms with E-state index >= 15 is 0 Å². The van der Waals surface area contributed by atoms with Gasteiger partial charge in [-0.3, -0.25) is 4.79 Å². The quantitative estimate of drug-likeness (QED) is 0.488. The number of rotatable bonds is 6. The molecule has 0 radical (unpaired) electrons. The third-order valence-corrected chi connectivity index (χ3v) is 1.64. The number of ketones is 1. The Bertz CT molecular complexity index is 161. The van der Waals surface area contributed by atoms with Crippen LogP contribution < -0.4 is 5.32 Å². The molecule has 0 aliphatic carbocycles. The van der Waals surface area contributed by atoms with E-state index in [2.05, 4.69) is 12.2 Å². The highest BCUT2D eigenvalue weighted by molar-refractivity contribution is 5.87. The van der Waals surface area contributed by atoms with Crippen LogP contribution in [-0.4, -0.2) is 12.3 Å². The largest absolute Gasteiger partial charge is 0.388 e. The summed E-state index contributed by atoms with van der Waals surface area (Å²) in [5.41, 5.74) is 1.05. The van der Waals surface area contributed by atoms with Gasteiger partial charge >= 0.3 is 0 Å². The smallest absolute Gasteiger partial charge is 0.154 e. The summed E-state index contributed by atoms with van der Waals surface area (Å²) >= 11 is 0. The number of hydrogen-bond acceptors (Lipinski definition) is 2. The van der Waals surface area contributed by atoms with Crippen molar-refractivity contribution in [3.05, 3.63) is 11.8 Å². The number of carbonyl (C=O) groups is 1. The molecule has 1 N–H and O–H groups in total. The van der Waals surface area contributed by atoms with Crippen molar-refractivity contribution in [2.45, 2.75) is 40.0 Å². The van der Waals surface area contributed by atoms with Crippen LogP contribution in [0.1, 0.15) is 40.0 Å². The highest BCUT2D eigenvalue weighted by Gasteiger charge is 1.93. The molecule has 0 rings (SSSR count). The molecule has 0 fully saturated rings. The van der Waals surface area contributed by atoms with Crippen molar-refractivity contribution >= 4 is 5.78 Å². The lowest BCUT2D eigenvalue weighted by Gasteiger charge is -2.06. The summed E-state index contributed by atoms with van der Waals surface area (Å²) in [6, 6.07) is 0. The zero-order chi connectivity index (χ0) is 9.40. The van der Waals surface area contributed by atoms with Gasteiger partial charge in [-0.05, 0) is 25.8 Å². The van der Waals surface area contributed by atoms with Gasteiger partial charge in [-0.15, -0.1) is 0 Å². The summed E-state index contributed by atoms with van der Waals surface area (Å²) in [6.07, 6.45) is 4.93. The van der Waals surface area contributed by atoms with E-state index in [4.69, 9.17) is 0 Å². The summed E-state index contributed by atoms with van der Waals surface area (Å²) in [6.45, 7) is 6.76. The van der Waals surface area contributed by atoms with Gasteiger partial charge in [0.25, 0.3) is 0 Å². The number of unbranched alkanes of at least 4 members (excludes halogenated alkanes) is 1. The zero-order valence-corrected chi connectivity index (χ0v) is 8.31. The second kappa shape index (κ2) is 6.89. The van der Waals surface area contributed by atoms with Crippen LogP contribution in [0.15, 0.2) is 11.8 Å². The minimum Gasteiger partial charge on any atom is -0.388 e. The second-order valence-electron chi connectivity index (χ2n) is 2.91. The highest BCUT2D eigenvalue weighted by Crippen LogP contribution is 1.96. The molecule has 0 aromatic carbocycles. The van der Waals surface area contributed by atoms with Crippen LogP contribution in [0.5, 0.6) is 0 Å². The summed E-state index contributed by atoms with van der Waals surface area (Å²) in [5.74, 6) is 0.121. The fourth-order valence-electron chi connectivity index (χ4n) is 0.949. The van der Waals surface area contributed by atoms with E-state index in [9.17, 15) is 4.79 Å². The fraction of sp³-hybridized carbons (Fsp3) is 0.700. The molecule has 0 aliphatic heterocycles. The van der Waals surface area contributed by atoms with Crippen molar-refractivity contribution < 1.29 is 4.79 Å². The van der Waals surface area contributed by atoms with Gasteiger partial charge in [0.1, 0.15) is 0 Å². The van der Waals surface area contributed by atoms with Gasteiger partial charge in [0, 0.05) is 12.2 Å². The predicted octanol–water partition coefficient (Wildman–Crippen LogP) is 2.26. The van der Waals surface area contributed by atoms with Crippen LogP contribution in [0.3, 0.4) is 0 Å². The molecule has 2 heteroatoms. The summed E-state index contributed by atoms with van der Waals surface area (Å²) in [4.78, 5) is 10.7. The van der Waals surface area contributed by atoms with Crippen molar-refractivity contribution in [3.63, 3.8) is 0 Å². The van der Waals surface area contributed by atoms with Crippen LogP contribution in [0.4, 0.5) is 0 Å². The van der Waals surface area contributed by atoms with Crippen LogP contribution in [0.2, 0.25) is 0 Å².